The topological polar surface area (TPSA) is 86.1 Å². The van der Waals surface area contributed by atoms with Crippen molar-refractivity contribution in [3.05, 3.63) is 71.9 Å². The molecule has 0 spiro atoms. The highest BCUT2D eigenvalue weighted by molar-refractivity contribution is 5.97. The summed E-state index contributed by atoms with van der Waals surface area (Å²) in [5, 5.41) is 8.41. The molecule has 0 radical (unpaired) electrons. The lowest BCUT2D eigenvalue weighted by Crippen LogP contribution is -2.30. The number of carbonyl (C=O) groups excluding carboxylic acids is 2. The molecule has 0 fully saturated rings. The van der Waals surface area contributed by atoms with E-state index in [9.17, 15) is 9.59 Å². The summed E-state index contributed by atoms with van der Waals surface area (Å²) in [6.45, 7) is 7.83. The van der Waals surface area contributed by atoms with Crippen LogP contribution in [0.5, 0.6) is 5.88 Å². The third-order valence-corrected chi connectivity index (χ3v) is 5.46. The van der Waals surface area contributed by atoms with Crippen molar-refractivity contribution >= 4 is 28.4 Å². The molecule has 2 aromatic heterocycles. The summed E-state index contributed by atoms with van der Waals surface area (Å²) in [6.07, 6.45) is -0.787. The molecule has 7 nitrogen and oxygen atoms in total. The number of aryl methyl sites for hydroxylation is 2. The molecule has 0 aliphatic heterocycles. The minimum absolute atomic E-state index is 0.0261. The Morgan fingerprint density at radius 1 is 1.09 bits per heavy atom. The summed E-state index contributed by atoms with van der Waals surface area (Å²) in [5.41, 5.74) is 4.78. The van der Waals surface area contributed by atoms with Gasteiger partial charge in [0.05, 0.1) is 11.1 Å². The first-order valence-corrected chi connectivity index (χ1v) is 10.9. The van der Waals surface area contributed by atoms with E-state index in [1.54, 1.807) is 31.2 Å². The summed E-state index contributed by atoms with van der Waals surface area (Å²) in [7, 11) is 0. The molecule has 4 aromatic rings. The lowest BCUT2D eigenvalue weighted by molar-refractivity contribution is -0.122. The molecule has 0 aliphatic carbocycles. The lowest BCUT2D eigenvalue weighted by Gasteiger charge is -2.16. The molecule has 0 saturated heterocycles. The van der Waals surface area contributed by atoms with Gasteiger partial charge in [0.2, 0.25) is 5.88 Å². The van der Waals surface area contributed by atoms with Gasteiger partial charge in [0.15, 0.2) is 17.5 Å². The first-order valence-electron chi connectivity index (χ1n) is 10.9. The van der Waals surface area contributed by atoms with Gasteiger partial charge in [-0.05, 0) is 63.1 Å². The number of hydrogen-bond acceptors (Lipinski definition) is 5. The number of benzene rings is 2. The maximum Gasteiger partial charge on any atom is 0.265 e. The smallest absolute Gasteiger partial charge is 0.265 e. The Balaban J connectivity index is 1.62. The summed E-state index contributed by atoms with van der Waals surface area (Å²) in [5.74, 6) is 0.0151. The number of carbonyl (C=O) groups is 2. The molecule has 4 rings (SSSR count). The molecule has 1 N–H and O–H groups in total. The number of Topliss-reactive ketones (excluding diaryl/α,β-unsaturated/α-hetero) is 1. The number of ketones is 1. The minimum atomic E-state index is -0.787. The fraction of sp³-hybridized carbons (Fsp3) is 0.231. The lowest BCUT2D eigenvalue weighted by atomic mass is 10.0. The van der Waals surface area contributed by atoms with Crippen LogP contribution in [0.1, 0.15) is 36.8 Å². The van der Waals surface area contributed by atoms with E-state index in [4.69, 9.17) is 4.74 Å². The van der Waals surface area contributed by atoms with Gasteiger partial charge in [-0.2, -0.15) is 10.1 Å². The Hall–Kier alpha value is -4.00. The van der Waals surface area contributed by atoms with Crippen LogP contribution in [0.3, 0.4) is 0 Å². The Kier molecular flexibility index (Phi) is 6.22. The molecule has 1 atom stereocenters. The zero-order valence-electron chi connectivity index (χ0n) is 19.1. The summed E-state index contributed by atoms with van der Waals surface area (Å²) in [6, 6.07) is 18.6. The van der Waals surface area contributed by atoms with Crippen molar-refractivity contribution in [2.45, 2.75) is 40.3 Å². The van der Waals surface area contributed by atoms with E-state index in [1.807, 2.05) is 54.9 Å². The van der Waals surface area contributed by atoms with E-state index < -0.39 is 6.10 Å². The van der Waals surface area contributed by atoms with Crippen molar-refractivity contribution in [2.75, 3.05) is 5.32 Å². The number of hydrogen-bond donors (Lipinski definition) is 1. The first-order chi connectivity index (χ1) is 15.9. The van der Waals surface area contributed by atoms with E-state index in [-0.39, 0.29) is 11.7 Å². The highest BCUT2D eigenvalue weighted by Gasteiger charge is 2.20. The predicted octanol–water partition coefficient (Wildman–Crippen LogP) is 5.04. The second-order valence-corrected chi connectivity index (χ2v) is 7.86. The molecular weight excluding hydrogens is 416 g/mol. The molecule has 0 aliphatic rings. The summed E-state index contributed by atoms with van der Waals surface area (Å²) >= 11 is 0. The quantitative estimate of drug-likeness (QED) is 0.406. The molecular formula is C26H26N4O3. The SMILES string of the molecule is CCn1nc(C)c2c(-c3ccccc3)cc(OC(C)C(=O)Nc3ccc(C(C)=O)cc3)nc21. The van der Waals surface area contributed by atoms with Crippen LogP contribution in [0.25, 0.3) is 22.2 Å². The molecule has 33 heavy (non-hydrogen) atoms. The number of amides is 1. The van der Waals surface area contributed by atoms with Gasteiger partial charge in [0.25, 0.3) is 5.91 Å². The average molecular weight is 443 g/mol. The Bertz CT molecular complexity index is 1310. The number of nitrogens with one attached hydrogen (secondary N) is 1. The number of nitrogens with zero attached hydrogens (tertiary/aromatic N) is 3. The Labute approximate surface area is 192 Å². The van der Waals surface area contributed by atoms with Gasteiger partial charge in [-0.25, -0.2) is 4.68 Å². The number of aromatic nitrogens is 3. The van der Waals surface area contributed by atoms with E-state index in [1.165, 1.54) is 6.92 Å². The van der Waals surface area contributed by atoms with Crippen molar-refractivity contribution < 1.29 is 14.3 Å². The zero-order valence-corrected chi connectivity index (χ0v) is 19.1. The van der Waals surface area contributed by atoms with Crippen LogP contribution in [-0.2, 0) is 11.3 Å². The normalized spacial score (nSPS) is 11.9. The molecule has 0 saturated carbocycles. The largest absolute Gasteiger partial charge is 0.464 e. The average Bonchev–Trinajstić information content (AvgIpc) is 3.15. The maximum absolute atomic E-state index is 12.7. The van der Waals surface area contributed by atoms with Crippen LogP contribution >= 0.6 is 0 Å². The van der Waals surface area contributed by atoms with Gasteiger partial charge in [0, 0.05) is 23.9 Å². The summed E-state index contributed by atoms with van der Waals surface area (Å²) < 4.78 is 7.81. The van der Waals surface area contributed by atoms with Crippen LogP contribution in [0.2, 0.25) is 0 Å². The van der Waals surface area contributed by atoms with E-state index in [0.717, 1.165) is 27.9 Å². The molecule has 168 valence electrons. The first kappa shape index (κ1) is 22.2. The van der Waals surface area contributed by atoms with Crippen LogP contribution in [-0.4, -0.2) is 32.6 Å². The Morgan fingerprint density at radius 2 is 1.79 bits per heavy atom. The van der Waals surface area contributed by atoms with Crippen LogP contribution < -0.4 is 10.1 Å². The monoisotopic (exact) mass is 442 g/mol. The highest BCUT2D eigenvalue weighted by atomic mass is 16.5. The minimum Gasteiger partial charge on any atom is -0.464 e. The van der Waals surface area contributed by atoms with Crippen molar-refractivity contribution in [3.8, 4) is 17.0 Å². The standard InChI is InChI=1S/C26H26N4O3/c1-5-30-25-24(16(2)29-30)22(20-9-7-6-8-10-20)15-23(28-25)33-18(4)26(32)27-21-13-11-19(12-14-21)17(3)31/h6-15,18H,5H2,1-4H3,(H,27,32). The van der Waals surface area contributed by atoms with Crippen molar-refractivity contribution in [2.24, 2.45) is 0 Å². The van der Waals surface area contributed by atoms with Crippen molar-refractivity contribution in [1.82, 2.24) is 14.8 Å². The predicted molar refractivity (Wildman–Crippen MR) is 129 cm³/mol. The fourth-order valence-corrected chi connectivity index (χ4v) is 3.72. The summed E-state index contributed by atoms with van der Waals surface area (Å²) in [4.78, 5) is 28.8. The highest BCUT2D eigenvalue weighted by Crippen LogP contribution is 2.33. The Morgan fingerprint density at radius 3 is 2.42 bits per heavy atom. The van der Waals surface area contributed by atoms with E-state index >= 15 is 0 Å². The third-order valence-electron chi connectivity index (χ3n) is 5.46. The van der Waals surface area contributed by atoms with Gasteiger partial charge in [-0.1, -0.05) is 30.3 Å². The molecule has 7 heteroatoms. The number of pyridine rings is 1. The number of fused-ring (bicyclic) bond motifs is 1. The fourth-order valence-electron chi connectivity index (χ4n) is 3.72. The number of ether oxygens (including phenoxy) is 1. The van der Waals surface area contributed by atoms with Crippen LogP contribution in [0, 0.1) is 6.92 Å². The van der Waals surface area contributed by atoms with Crippen molar-refractivity contribution in [1.29, 1.82) is 0 Å². The van der Waals surface area contributed by atoms with Crippen molar-refractivity contribution in [3.63, 3.8) is 0 Å². The van der Waals surface area contributed by atoms with Gasteiger partial charge in [-0.3, -0.25) is 9.59 Å². The van der Waals surface area contributed by atoms with E-state index in [2.05, 4.69) is 15.4 Å². The van der Waals surface area contributed by atoms with E-state index in [0.29, 0.717) is 23.7 Å². The van der Waals surface area contributed by atoms with Gasteiger partial charge in [-0.15, -0.1) is 0 Å². The zero-order chi connectivity index (χ0) is 23.5. The van der Waals surface area contributed by atoms with Gasteiger partial charge >= 0.3 is 0 Å². The van der Waals surface area contributed by atoms with Crippen LogP contribution in [0.15, 0.2) is 60.7 Å². The molecule has 1 amide bonds. The van der Waals surface area contributed by atoms with Gasteiger partial charge < -0.3 is 10.1 Å². The van der Waals surface area contributed by atoms with Gasteiger partial charge in [0.1, 0.15) is 0 Å². The molecule has 2 aromatic carbocycles. The molecule has 2 heterocycles. The third kappa shape index (κ3) is 4.62. The second kappa shape index (κ2) is 9.24. The second-order valence-electron chi connectivity index (χ2n) is 7.86. The maximum atomic E-state index is 12.7. The molecule has 1 unspecified atom stereocenters. The van der Waals surface area contributed by atoms with Crippen LogP contribution in [0.4, 0.5) is 5.69 Å². The number of anilines is 1. The molecule has 0 bridgehead atoms. The number of rotatable bonds is 7.